The van der Waals surface area contributed by atoms with Crippen LogP contribution in [0.3, 0.4) is 0 Å². The quantitative estimate of drug-likeness (QED) is 0.510. The van der Waals surface area contributed by atoms with Crippen LogP contribution in [0.25, 0.3) is 10.9 Å². The van der Waals surface area contributed by atoms with E-state index in [1.807, 2.05) is 6.07 Å². The minimum absolute atomic E-state index is 0.342. The van der Waals surface area contributed by atoms with Gasteiger partial charge in [0.05, 0.1) is 7.11 Å². The summed E-state index contributed by atoms with van der Waals surface area (Å²) in [7, 11) is 1.71. The van der Waals surface area contributed by atoms with Crippen LogP contribution in [0, 0.1) is 6.92 Å². The summed E-state index contributed by atoms with van der Waals surface area (Å²) in [4.78, 5) is 4.84. The lowest BCUT2D eigenvalue weighted by atomic mass is 10.0. The molecule has 0 aliphatic rings. The maximum Gasteiger partial charge on any atom is 0.145 e. The van der Waals surface area contributed by atoms with E-state index in [0.29, 0.717) is 6.61 Å². The summed E-state index contributed by atoms with van der Waals surface area (Å²) in [6, 6.07) is 8.44. The number of aromatic nitrogens is 1. The van der Waals surface area contributed by atoms with E-state index in [-0.39, 0.29) is 0 Å². The topological polar surface area (TPSA) is 42.4 Å². The highest BCUT2D eigenvalue weighted by atomic mass is 16.5. The molecular formula is C22H33NO2. The number of aliphatic hydroxyl groups excluding tert-OH is 1. The van der Waals surface area contributed by atoms with Crippen LogP contribution in [0.15, 0.2) is 24.3 Å². The largest absolute Gasteiger partial charge is 0.494 e. The number of benzene rings is 1. The monoisotopic (exact) mass is 343 g/mol. The van der Waals surface area contributed by atoms with Crippen molar-refractivity contribution in [3.8, 4) is 5.75 Å². The zero-order valence-electron chi connectivity index (χ0n) is 15.9. The van der Waals surface area contributed by atoms with Crippen molar-refractivity contribution < 1.29 is 9.84 Å². The van der Waals surface area contributed by atoms with Crippen LogP contribution in [0.1, 0.15) is 69.0 Å². The number of fused-ring (bicyclic) bond motifs is 1. The lowest BCUT2D eigenvalue weighted by Crippen LogP contribution is -1.95. The van der Waals surface area contributed by atoms with Gasteiger partial charge in [-0.25, -0.2) is 4.98 Å². The first-order chi connectivity index (χ1) is 12.3. The Morgan fingerprint density at radius 3 is 2.12 bits per heavy atom. The van der Waals surface area contributed by atoms with E-state index >= 15 is 0 Å². The fourth-order valence-corrected chi connectivity index (χ4v) is 3.33. The Hall–Kier alpha value is -1.61. The van der Waals surface area contributed by atoms with Crippen molar-refractivity contribution in [1.29, 1.82) is 0 Å². The molecule has 0 radical (unpaired) electrons. The molecule has 1 aromatic carbocycles. The van der Waals surface area contributed by atoms with Crippen molar-refractivity contribution in [2.45, 2.75) is 71.1 Å². The average Bonchev–Trinajstić information content (AvgIpc) is 2.63. The summed E-state index contributed by atoms with van der Waals surface area (Å²) in [6.45, 7) is 2.46. The summed E-state index contributed by atoms with van der Waals surface area (Å²) in [5.74, 6) is 0.864. The number of rotatable bonds is 12. The second kappa shape index (κ2) is 11.1. The van der Waals surface area contributed by atoms with E-state index in [9.17, 15) is 0 Å². The Labute approximate surface area is 152 Å². The third-order valence-corrected chi connectivity index (χ3v) is 4.91. The SMILES string of the molecule is COc1ccc(C)c2ccc(CCCCCCCCCCCO)nc12. The molecule has 0 aliphatic carbocycles. The summed E-state index contributed by atoms with van der Waals surface area (Å²) < 4.78 is 5.47. The predicted octanol–water partition coefficient (Wildman–Crippen LogP) is 5.60. The Morgan fingerprint density at radius 2 is 1.48 bits per heavy atom. The van der Waals surface area contributed by atoms with Crippen molar-refractivity contribution in [3.63, 3.8) is 0 Å². The summed E-state index contributed by atoms with van der Waals surface area (Å²) >= 11 is 0. The van der Waals surface area contributed by atoms with Gasteiger partial charge >= 0.3 is 0 Å². The lowest BCUT2D eigenvalue weighted by molar-refractivity contribution is 0.282. The highest BCUT2D eigenvalue weighted by Crippen LogP contribution is 2.27. The van der Waals surface area contributed by atoms with Gasteiger partial charge in [0, 0.05) is 17.7 Å². The minimum Gasteiger partial charge on any atom is -0.494 e. The maximum atomic E-state index is 8.75. The number of ether oxygens (including phenoxy) is 1. The first kappa shape index (κ1) is 19.7. The maximum absolute atomic E-state index is 8.75. The lowest BCUT2D eigenvalue weighted by Gasteiger charge is -2.09. The Bertz CT molecular complexity index is 639. The second-order valence-corrected chi connectivity index (χ2v) is 6.94. The molecule has 25 heavy (non-hydrogen) atoms. The second-order valence-electron chi connectivity index (χ2n) is 6.94. The van der Waals surface area contributed by atoms with Gasteiger partial charge in [-0.1, -0.05) is 57.1 Å². The van der Waals surface area contributed by atoms with E-state index in [1.165, 1.54) is 68.0 Å². The predicted molar refractivity (Wildman–Crippen MR) is 105 cm³/mol. The standard InChI is InChI=1S/C22H33NO2/c1-18-13-16-21(25-2)22-20(18)15-14-19(23-22)12-10-8-6-4-3-5-7-9-11-17-24/h13-16,24H,3-12,17H2,1-2H3. The first-order valence-corrected chi connectivity index (χ1v) is 9.80. The van der Waals surface area contributed by atoms with Crippen LogP contribution in [0.2, 0.25) is 0 Å². The van der Waals surface area contributed by atoms with E-state index < -0.39 is 0 Å². The van der Waals surface area contributed by atoms with Crippen molar-refractivity contribution in [2.24, 2.45) is 0 Å². The molecule has 0 aliphatic heterocycles. The van der Waals surface area contributed by atoms with E-state index in [2.05, 4.69) is 25.1 Å². The van der Waals surface area contributed by atoms with Gasteiger partial charge in [0.2, 0.25) is 0 Å². The van der Waals surface area contributed by atoms with Crippen LogP contribution in [0.4, 0.5) is 0 Å². The van der Waals surface area contributed by atoms with Gasteiger partial charge in [0.15, 0.2) is 0 Å². The molecule has 0 unspecified atom stereocenters. The molecule has 0 spiro atoms. The van der Waals surface area contributed by atoms with Gasteiger partial charge in [0.1, 0.15) is 11.3 Å². The number of aryl methyl sites for hydroxylation is 2. The van der Waals surface area contributed by atoms with E-state index in [4.69, 9.17) is 14.8 Å². The summed E-state index contributed by atoms with van der Waals surface area (Å²) in [5.41, 5.74) is 3.40. The van der Waals surface area contributed by atoms with Crippen LogP contribution in [-0.4, -0.2) is 23.8 Å². The van der Waals surface area contributed by atoms with Crippen molar-refractivity contribution in [1.82, 2.24) is 4.98 Å². The van der Waals surface area contributed by atoms with Crippen LogP contribution in [0.5, 0.6) is 5.75 Å². The van der Waals surface area contributed by atoms with Gasteiger partial charge in [-0.05, 0) is 43.9 Å². The third kappa shape index (κ3) is 6.32. The molecular weight excluding hydrogens is 310 g/mol. The fourth-order valence-electron chi connectivity index (χ4n) is 3.33. The van der Waals surface area contributed by atoms with Crippen molar-refractivity contribution in [2.75, 3.05) is 13.7 Å². The molecule has 0 atom stereocenters. The van der Waals surface area contributed by atoms with E-state index in [0.717, 1.165) is 24.1 Å². The molecule has 0 fully saturated rings. The number of methoxy groups -OCH3 is 1. The number of nitrogens with zero attached hydrogens (tertiary/aromatic N) is 1. The molecule has 0 amide bonds. The molecule has 2 rings (SSSR count). The van der Waals surface area contributed by atoms with Crippen molar-refractivity contribution in [3.05, 3.63) is 35.5 Å². The van der Waals surface area contributed by atoms with Crippen LogP contribution < -0.4 is 4.74 Å². The smallest absolute Gasteiger partial charge is 0.145 e. The number of hydrogen-bond acceptors (Lipinski definition) is 3. The molecule has 1 heterocycles. The van der Waals surface area contributed by atoms with Gasteiger partial charge < -0.3 is 9.84 Å². The van der Waals surface area contributed by atoms with E-state index in [1.54, 1.807) is 7.11 Å². The highest BCUT2D eigenvalue weighted by molar-refractivity contribution is 5.87. The Morgan fingerprint density at radius 1 is 0.840 bits per heavy atom. The molecule has 3 nitrogen and oxygen atoms in total. The average molecular weight is 344 g/mol. The van der Waals surface area contributed by atoms with Crippen LogP contribution in [-0.2, 0) is 6.42 Å². The molecule has 2 aromatic rings. The highest BCUT2D eigenvalue weighted by Gasteiger charge is 2.07. The summed E-state index contributed by atoms with van der Waals surface area (Å²) in [6.07, 6.45) is 12.2. The fraction of sp³-hybridized carbons (Fsp3) is 0.591. The zero-order chi connectivity index (χ0) is 17.9. The van der Waals surface area contributed by atoms with Gasteiger partial charge in [-0.3, -0.25) is 0 Å². The first-order valence-electron chi connectivity index (χ1n) is 9.80. The van der Waals surface area contributed by atoms with Gasteiger partial charge in [-0.15, -0.1) is 0 Å². The zero-order valence-corrected chi connectivity index (χ0v) is 15.9. The molecule has 0 bridgehead atoms. The molecule has 1 aromatic heterocycles. The normalized spacial score (nSPS) is 11.2. The number of aliphatic hydroxyl groups is 1. The molecule has 1 N–H and O–H groups in total. The minimum atomic E-state index is 0.342. The van der Waals surface area contributed by atoms with Crippen molar-refractivity contribution >= 4 is 10.9 Å². The Kier molecular flexibility index (Phi) is 8.75. The van der Waals surface area contributed by atoms with Crippen LogP contribution >= 0.6 is 0 Å². The van der Waals surface area contributed by atoms with Gasteiger partial charge in [-0.2, -0.15) is 0 Å². The number of pyridine rings is 1. The molecule has 0 saturated carbocycles. The molecule has 138 valence electrons. The van der Waals surface area contributed by atoms with Gasteiger partial charge in [0.25, 0.3) is 0 Å². The Balaban J connectivity index is 1.71. The number of unbranched alkanes of at least 4 members (excludes halogenated alkanes) is 8. The number of hydrogen-bond donors (Lipinski definition) is 1. The molecule has 0 saturated heterocycles. The summed E-state index contributed by atoms with van der Waals surface area (Å²) in [5, 5.41) is 9.93. The molecule has 3 heteroatoms. The third-order valence-electron chi connectivity index (χ3n) is 4.91.